The minimum Gasteiger partial charge on any atom is -0.487 e. The molecule has 2 aromatic carbocycles. The van der Waals surface area contributed by atoms with Crippen molar-refractivity contribution in [3.63, 3.8) is 0 Å². The molecule has 6 nitrogen and oxygen atoms in total. The van der Waals surface area contributed by atoms with Gasteiger partial charge in [-0.1, -0.05) is 24.3 Å². The Balaban J connectivity index is 1.34. The average molecular weight is 393 g/mol. The standard InChI is InChI=1S/C24H19N5O/c1-17-14-25-13-12-22(17)24-28-26-16-29(24)20-8-10-21(11-9-20)30-15-19-7-6-18-4-2-3-5-23(18)27-19/h2-14,16H,15H2,1H3. The Bertz CT molecular complexity index is 1310. The van der Waals surface area contributed by atoms with Crippen LogP contribution in [0.5, 0.6) is 5.75 Å². The molecule has 0 aliphatic rings. The van der Waals surface area contributed by atoms with Gasteiger partial charge in [0.1, 0.15) is 18.7 Å². The maximum absolute atomic E-state index is 5.94. The fourth-order valence-corrected chi connectivity index (χ4v) is 3.38. The Kier molecular flexibility index (Phi) is 4.65. The molecule has 0 N–H and O–H groups in total. The first kappa shape index (κ1) is 18.0. The second-order valence-electron chi connectivity index (χ2n) is 6.99. The predicted molar refractivity (Wildman–Crippen MR) is 115 cm³/mol. The molecule has 0 aliphatic carbocycles. The summed E-state index contributed by atoms with van der Waals surface area (Å²) in [7, 11) is 0. The largest absolute Gasteiger partial charge is 0.487 e. The molecule has 0 saturated heterocycles. The van der Waals surface area contributed by atoms with Gasteiger partial charge in [-0.15, -0.1) is 10.2 Å². The van der Waals surface area contributed by atoms with Gasteiger partial charge in [-0.25, -0.2) is 4.98 Å². The number of pyridine rings is 2. The quantitative estimate of drug-likeness (QED) is 0.430. The number of para-hydroxylation sites is 1. The van der Waals surface area contributed by atoms with Gasteiger partial charge in [0.15, 0.2) is 5.82 Å². The van der Waals surface area contributed by atoms with Gasteiger partial charge in [-0.2, -0.15) is 0 Å². The van der Waals surface area contributed by atoms with Gasteiger partial charge in [-0.05, 0) is 55.0 Å². The van der Waals surface area contributed by atoms with Crippen LogP contribution in [0.2, 0.25) is 0 Å². The summed E-state index contributed by atoms with van der Waals surface area (Å²) in [4.78, 5) is 8.80. The summed E-state index contributed by atoms with van der Waals surface area (Å²) in [5.74, 6) is 1.56. The molecule has 0 bridgehead atoms. The molecule has 3 aromatic heterocycles. The monoisotopic (exact) mass is 393 g/mol. The molecule has 146 valence electrons. The van der Waals surface area contributed by atoms with Gasteiger partial charge in [0.25, 0.3) is 0 Å². The third-order valence-corrected chi connectivity index (χ3v) is 4.97. The van der Waals surface area contributed by atoms with Crippen LogP contribution in [0.25, 0.3) is 28.0 Å². The summed E-state index contributed by atoms with van der Waals surface area (Å²) in [5.41, 5.74) is 4.88. The molecule has 0 unspecified atom stereocenters. The molecule has 3 heterocycles. The molecular weight excluding hydrogens is 374 g/mol. The van der Waals surface area contributed by atoms with Crippen LogP contribution in [0.3, 0.4) is 0 Å². The number of hydrogen-bond acceptors (Lipinski definition) is 5. The second-order valence-corrected chi connectivity index (χ2v) is 6.99. The van der Waals surface area contributed by atoms with Gasteiger partial charge < -0.3 is 4.74 Å². The minimum atomic E-state index is 0.415. The van der Waals surface area contributed by atoms with Crippen molar-refractivity contribution >= 4 is 10.9 Å². The first-order valence-corrected chi connectivity index (χ1v) is 9.67. The lowest BCUT2D eigenvalue weighted by Crippen LogP contribution is -2.00. The summed E-state index contributed by atoms with van der Waals surface area (Å²) in [6, 6.07) is 22.0. The molecule has 0 fully saturated rings. The summed E-state index contributed by atoms with van der Waals surface area (Å²) >= 11 is 0. The van der Waals surface area contributed by atoms with Crippen LogP contribution in [0, 0.1) is 6.92 Å². The zero-order chi connectivity index (χ0) is 20.3. The van der Waals surface area contributed by atoms with Crippen molar-refractivity contribution in [2.45, 2.75) is 13.5 Å². The zero-order valence-electron chi connectivity index (χ0n) is 16.4. The lowest BCUT2D eigenvalue weighted by molar-refractivity contribution is 0.302. The van der Waals surface area contributed by atoms with Crippen LogP contribution in [0.4, 0.5) is 0 Å². The van der Waals surface area contributed by atoms with Crippen LogP contribution in [0.1, 0.15) is 11.3 Å². The van der Waals surface area contributed by atoms with E-state index in [1.54, 1.807) is 12.5 Å². The van der Waals surface area contributed by atoms with Crippen molar-refractivity contribution in [1.29, 1.82) is 0 Å². The van der Waals surface area contributed by atoms with Crippen LogP contribution >= 0.6 is 0 Å². The molecule has 0 spiro atoms. The van der Waals surface area contributed by atoms with E-state index in [1.165, 1.54) is 0 Å². The van der Waals surface area contributed by atoms with Gasteiger partial charge >= 0.3 is 0 Å². The third-order valence-electron chi connectivity index (χ3n) is 4.97. The normalized spacial score (nSPS) is 11.0. The van der Waals surface area contributed by atoms with Gasteiger partial charge in [-0.3, -0.25) is 9.55 Å². The molecule has 5 aromatic rings. The van der Waals surface area contributed by atoms with Crippen LogP contribution in [0.15, 0.2) is 85.5 Å². The SMILES string of the molecule is Cc1cnccc1-c1nncn1-c1ccc(OCc2ccc3ccccc3n2)cc1. The lowest BCUT2D eigenvalue weighted by atomic mass is 10.1. The van der Waals surface area contributed by atoms with E-state index >= 15 is 0 Å². The van der Waals surface area contributed by atoms with Crippen molar-refractivity contribution in [3.8, 4) is 22.8 Å². The highest BCUT2D eigenvalue weighted by Crippen LogP contribution is 2.24. The average Bonchev–Trinajstić information content (AvgIpc) is 3.28. The van der Waals surface area contributed by atoms with E-state index in [2.05, 4.69) is 32.3 Å². The van der Waals surface area contributed by atoms with Crippen molar-refractivity contribution in [3.05, 3.63) is 96.7 Å². The van der Waals surface area contributed by atoms with Crippen LogP contribution < -0.4 is 4.74 Å². The maximum Gasteiger partial charge on any atom is 0.168 e. The van der Waals surface area contributed by atoms with E-state index in [1.807, 2.05) is 72.3 Å². The first-order valence-electron chi connectivity index (χ1n) is 9.67. The highest BCUT2D eigenvalue weighted by atomic mass is 16.5. The van der Waals surface area contributed by atoms with Crippen molar-refractivity contribution in [2.24, 2.45) is 0 Å². The molecule has 0 radical (unpaired) electrons. The van der Waals surface area contributed by atoms with Crippen molar-refractivity contribution in [2.75, 3.05) is 0 Å². The third kappa shape index (κ3) is 3.51. The summed E-state index contributed by atoms with van der Waals surface area (Å²) in [6.45, 7) is 2.43. The Morgan fingerprint density at radius 2 is 1.80 bits per heavy atom. The summed E-state index contributed by atoms with van der Waals surface area (Å²) in [5, 5.41) is 9.51. The number of nitrogens with zero attached hydrogens (tertiary/aromatic N) is 5. The Morgan fingerprint density at radius 3 is 2.67 bits per heavy atom. The van der Waals surface area contributed by atoms with E-state index in [-0.39, 0.29) is 0 Å². The van der Waals surface area contributed by atoms with Gasteiger partial charge in [0, 0.05) is 29.0 Å². The number of fused-ring (bicyclic) bond motifs is 1. The summed E-state index contributed by atoms with van der Waals surface area (Å²) < 4.78 is 7.89. The molecule has 6 heteroatoms. The molecular formula is C24H19N5O. The van der Waals surface area contributed by atoms with E-state index in [4.69, 9.17) is 4.74 Å². The second kappa shape index (κ2) is 7.75. The van der Waals surface area contributed by atoms with Crippen LogP contribution in [-0.4, -0.2) is 24.7 Å². The molecule has 0 atom stereocenters. The number of aromatic nitrogens is 5. The number of rotatable bonds is 5. The Labute approximate surface area is 173 Å². The van der Waals surface area contributed by atoms with Gasteiger partial charge in [0.2, 0.25) is 0 Å². The zero-order valence-corrected chi connectivity index (χ0v) is 16.4. The number of aryl methyl sites for hydroxylation is 1. The van der Waals surface area contributed by atoms with Crippen molar-refractivity contribution in [1.82, 2.24) is 24.7 Å². The Hall–Kier alpha value is -4.06. The molecule has 0 saturated carbocycles. The molecule has 0 aliphatic heterocycles. The highest BCUT2D eigenvalue weighted by Gasteiger charge is 2.11. The summed E-state index contributed by atoms with van der Waals surface area (Å²) in [6.07, 6.45) is 5.30. The number of benzene rings is 2. The maximum atomic E-state index is 5.94. The van der Waals surface area contributed by atoms with E-state index in [9.17, 15) is 0 Å². The Morgan fingerprint density at radius 1 is 0.933 bits per heavy atom. The van der Waals surface area contributed by atoms with E-state index in [0.29, 0.717) is 6.61 Å². The predicted octanol–water partition coefficient (Wildman–Crippen LogP) is 4.76. The first-order chi connectivity index (χ1) is 14.8. The van der Waals surface area contributed by atoms with E-state index in [0.717, 1.165) is 45.0 Å². The molecule has 0 amide bonds. The van der Waals surface area contributed by atoms with E-state index < -0.39 is 0 Å². The van der Waals surface area contributed by atoms with Gasteiger partial charge in [0.05, 0.1) is 11.2 Å². The molecule has 30 heavy (non-hydrogen) atoms. The minimum absolute atomic E-state index is 0.415. The van der Waals surface area contributed by atoms with Crippen LogP contribution in [-0.2, 0) is 6.61 Å². The molecule has 5 rings (SSSR count). The highest BCUT2D eigenvalue weighted by molar-refractivity contribution is 5.78. The fraction of sp³-hybridized carbons (Fsp3) is 0.0833. The van der Waals surface area contributed by atoms with Crippen molar-refractivity contribution < 1.29 is 4.74 Å². The topological polar surface area (TPSA) is 65.7 Å². The smallest absolute Gasteiger partial charge is 0.168 e. The number of hydrogen-bond donors (Lipinski definition) is 0. The fourth-order valence-electron chi connectivity index (χ4n) is 3.38. The number of ether oxygens (including phenoxy) is 1. The lowest BCUT2D eigenvalue weighted by Gasteiger charge is -2.10.